The topological polar surface area (TPSA) is 37.0 Å². The molecular weight excluding hydrogens is 266 g/mol. The summed E-state index contributed by atoms with van der Waals surface area (Å²) >= 11 is 0. The van der Waals surface area contributed by atoms with E-state index in [0.717, 1.165) is 77.1 Å². The third kappa shape index (κ3) is 4.09. The van der Waals surface area contributed by atoms with Crippen molar-refractivity contribution in [2.45, 2.75) is 0 Å². The van der Waals surface area contributed by atoms with Crippen molar-refractivity contribution in [1.29, 1.82) is 0 Å². The summed E-state index contributed by atoms with van der Waals surface area (Å²) in [5.41, 5.74) is 1.14. The van der Waals surface area contributed by atoms with Crippen LogP contribution in [0.3, 0.4) is 0 Å². The molecule has 2 heterocycles. The Kier molecular flexibility index (Phi) is 5.32. The maximum atomic E-state index is 5.99. The van der Waals surface area contributed by atoms with E-state index in [9.17, 15) is 0 Å². The van der Waals surface area contributed by atoms with Crippen molar-refractivity contribution < 1.29 is 9.47 Å². The summed E-state index contributed by atoms with van der Waals surface area (Å²) in [5.74, 6) is 0.870. The number of morpholine rings is 1. The first-order chi connectivity index (χ1) is 10.4. The van der Waals surface area contributed by atoms with E-state index >= 15 is 0 Å². The second-order valence-electron chi connectivity index (χ2n) is 5.42. The number of nitrogens with one attached hydrogen (secondary N) is 1. The number of piperazine rings is 1. The average molecular weight is 290 g/mol. The number of hydrogen-bond acceptors (Lipinski definition) is 5. The van der Waals surface area contributed by atoms with Gasteiger partial charge in [-0.1, -0.05) is 12.1 Å². The number of nitrogens with zero attached hydrogens (tertiary/aromatic N) is 2. The van der Waals surface area contributed by atoms with E-state index in [1.54, 1.807) is 0 Å². The molecule has 2 saturated heterocycles. The lowest BCUT2D eigenvalue weighted by Crippen LogP contribution is -2.44. The molecule has 2 aliphatic rings. The molecule has 0 unspecified atom stereocenters. The van der Waals surface area contributed by atoms with Crippen LogP contribution in [0.2, 0.25) is 0 Å². The van der Waals surface area contributed by atoms with Gasteiger partial charge in [-0.25, -0.2) is 0 Å². The summed E-state index contributed by atoms with van der Waals surface area (Å²) in [4.78, 5) is 4.76. The molecule has 0 spiro atoms. The van der Waals surface area contributed by atoms with Gasteiger partial charge in [0.1, 0.15) is 6.61 Å². The zero-order valence-electron chi connectivity index (χ0n) is 12.5. The van der Waals surface area contributed by atoms with E-state index in [1.807, 2.05) is 12.1 Å². The molecule has 2 aliphatic heterocycles. The Morgan fingerprint density at radius 3 is 2.81 bits per heavy atom. The second-order valence-corrected chi connectivity index (χ2v) is 5.42. The van der Waals surface area contributed by atoms with E-state index in [-0.39, 0.29) is 0 Å². The lowest BCUT2D eigenvalue weighted by atomic mass is 10.2. The minimum atomic E-state index is 0.720. The van der Waals surface area contributed by atoms with Crippen molar-refractivity contribution in [3.05, 3.63) is 24.3 Å². The Morgan fingerprint density at radius 1 is 1.19 bits per heavy atom. The zero-order chi connectivity index (χ0) is 14.3. The molecule has 0 atom stereocenters. The van der Waals surface area contributed by atoms with E-state index < -0.39 is 0 Å². The molecule has 5 nitrogen and oxygen atoms in total. The van der Waals surface area contributed by atoms with Gasteiger partial charge in [-0.15, -0.1) is 0 Å². The quantitative estimate of drug-likeness (QED) is 0.860. The van der Waals surface area contributed by atoms with Crippen LogP contribution in [0.15, 0.2) is 18.2 Å². The molecular formula is C16H24N3O2. The Balaban J connectivity index is 1.54. The van der Waals surface area contributed by atoms with Crippen molar-refractivity contribution >= 4 is 5.69 Å². The van der Waals surface area contributed by atoms with E-state index in [0.29, 0.717) is 0 Å². The molecule has 0 saturated carbocycles. The monoisotopic (exact) mass is 290 g/mol. The SMILES string of the molecule is [c]1cccc(N2CCOCC2)c1OCCN1CCNCC1. The molecule has 115 valence electrons. The van der Waals surface area contributed by atoms with Crippen LogP contribution in [-0.4, -0.2) is 70.5 Å². The molecule has 1 radical (unpaired) electrons. The van der Waals surface area contributed by atoms with Crippen LogP contribution in [0.4, 0.5) is 5.69 Å². The van der Waals surface area contributed by atoms with Gasteiger partial charge in [0.15, 0.2) is 5.75 Å². The minimum Gasteiger partial charge on any atom is -0.489 e. The number of benzene rings is 1. The summed E-state index contributed by atoms with van der Waals surface area (Å²) in [7, 11) is 0. The van der Waals surface area contributed by atoms with Gasteiger partial charge in [0, 0.05) is 51.9 Å². The van der Waals surface area contributed by atoms with Gasteiger partial charge < -0.3 is 19.7 Å². The fourth-order valence-corrected chi connectivity index (χ4v) is 2.79. The predicted octanol–water partition coefficient (Wildman–Crippen LogP) is 0.607. The zero-order valence-corrected chi connectivity index (χ0v) is 12.5. The van der Waals surface area contributed by atoms with Crippen LogP contribution >= 0.6 is 0 Å². The summed E-state index contributed by atoms with van der Waals surface area (Å²) in [6, 6.07) is 9.29. The fraction of sp³-hybridized carbons (Fsp3) is 0.625. The Labute approximate surface area is 126 Å². The van der Waals surface area contributed by atoms with Crippen LogP contribution in [0, 0.1) is 6.07 Å². The highest BCUT2D eigenvalue weighted by atomic mass is 16.5. The third-order valence-electron chi connectivity index (χ3n) is 4.01. The molecule has 21 heavy (non-hydrogen) atoms. The second kappa shape index (κ2) is 7.64. The van der Waals surface area contributed by atoms with E-state index in [2.05, 4.69) is 27.2 Å². The molecule has 1 aromatic carbocycles. The smallest absolute Gasteiger partial charge is 0.150 e. The molecule has 1 N–H and O–H groups in total. The van der Waals surface area contributed by atoms with Crippen LogP contribution in [0.5, 0.6) is 5.75 Å². The van der Waals surface area contributed by atoms with E-state index in [4.69, 9.17) is 9.47 Å². The highest BCUT2D eigenvalue weighted by Crippen LogP contribution is 2.28. The molecule has 0 amide bonds. The molecule has 0 aliphatic carbocycles. The van der Waals surface area contributed by atoms with Crippen LogP contribution in [0.25, 0.3) is 0 Å². The normalized spacial score (nSPS) is 20.5. The van der Waals surface area contributed by atoms with Gasteiger partial charge in [0.25, 0.3) is 0 Å². The van der Waals surface area contributed by atoms with Crippen LogP contribution < -0.4 is 15.0 Å². The molecule has 1 aromatic rings. The maximum Gasteiger partial charge on any atom is 0.150 e. The van der Waals surface area contributed by atoms with E-state index in [1.165, 1.54) is 0 Å². The van der Waals surface area contributed by atoms with Gasteiger partial charge in [-0.05, 0) is 6.07 Å². The van der Waals surface area contributed by atoms with Gasteiger partial charge in [0.2, 0.25) is 0 Å². The van der Waals surface area contributed by atoms with Crippen molar-refractivity contribution in [3.63, 3.8) is 0 Å². The van der Waals surface area contributed by atoms with Crippen molar-refractivity contribution in [2.75, 3.05) is 70.5 Å². The number of rotatable bonds is 5. The van der Waals surface area contributed by atoms with Crippen LogP contribution in [0.1, 0.15) is 0 Å². The highest BCUT2D eigenvalue weighted by molar-refractivity contribution is 5.58. The lowest BCUT2D eigenvalue weighted by Gasteiger charge is -2.30. The Hall–Kier alpha value is -1.30. The summed E-state index contributed by atoms with van der Waals surface area (Å²) in [6.45, 7) is 9.50. The fourth-order valence-electron chi connectivity index (χ4n) is 2.79. The Morgan fingerprint density at radius 2 is 2.00 bits per heavy atom. The first-order valence-corrected chi connectivity index (χ1v) is 7.83. The Bertz CT molecular complexity index is 429. The molecule has 5 heteroatoms. The van der Waals surface area contributed by atoms with Crippen molar-refractivity contribution in [3.8, 4) is 5.75 Å². The summed E-state index contributed by atoms with van der Waals surface area (Å²) in [6.07, 6.45) is 0. The number of hydrogen-bond donors (Lipinski definition) is 1. The predicted molar refractivity (Wildman–Crippen MR) is 83.1 cm³/mol. The van der Waals surface area contributed by atoms with Crippen molar-refractivity contribution in [2.24, 2.45) is 0 Å². The van der Waals surface area contributed by atoms with Gasteiger partial charge in [0.05, 0.1) is 18.9 Å². The molecule has 0 bridgehead atoms. The first-order valence-electron chi connectivity index (χ1n) is 7.83. The lowest BCUT2D eigenvalue weighted by molar-refractivity contribution is 0.122. The molecule has 2 fully saturated rings. The summed E-state index contributed by atoms with van der Waals surface area (Å²) in [5, 5.41) is 3.37. The molecule has 0 aromatic heterocycles. The maximum absolute atomic E-state index is 5.99. The minimum absolute atomic E-state index is 0.720. The van der Waals surface area contributed by atoms with Gasteiger partial charge >= 0.3 is 0 Å². The van der Waals surface area contributed by atoms with Gasteiger partial charge in [-0.3, -0.25) is 4.90 Å². The summed E-state index contributed by atoms with van der Waals surface area (Å²) < 4.78 is 11.4. The van der Waals surface area contributed by atoms with Crippen molar-refractivity contribution in [1.82, 2.24) is 10.2 Å². The number of ether oxygens (including phenoxy) is 2. The first kappa shape index (κ1) is 14.6. The average Bonchev–Trinajstić information content (AvgIpc) is 2.57. The third-order valence-corrected chi connectivity index (χ3v) is 4.01. The molecule has 3 rings (SSSR count). The van der Waals surface area contributed by atoms with Crippen LogP contribution in [-0.2, 0) is 4.74 Å². The highest BCUT2D eigenvalue weighted by Gasteiger charge is 2.16. The number of anilines is 1. The largest absolute Gasteiger partial charge is 0.489 e. The number of para-hydroxylation sites is 1. The van der Waals surface area contributed by atoms with Gasteiger partial charge in [-0.2, -0.15) is 0 Å². The standard InChI is InChI=1S/C16H24N3O2/c1-2-4-16(15(3-1)19-10-12-20-13-11-19)21-14-9-18-7-5-17-6-8-18/h1-3,17H,5-14H2.